The van der Waals surface area contributed by atoms with Crippen LogP contribution in [0.3, 0.4) is 0 Å². The van der Waals surface area contributed by atoms with Crippen molar-refractivity contribution in [2.45, 2.75) is 12.6 Å². The molecule has 1 aliphatic heterocycles. The summed E-state index contributed by atoms with van der Waals surface area (Å²) in [5.74, 6) is 0.612. The van der Waals surface area contributed by atoms with Crippen LogP contribution in [-0.4, -0.2) is 45.0 Å². The molecule has 5 rings (SSSR count). The summed E-state index contributed by atoms with van der Waals surface area (Å²) in [5, 5.41) is 17.7. The highest BCUT2D eigenvalue weighted by atomic mass is 35.5. The summed E-state index contributed by atoms with van der Waals surface area (Å²) in [6.07, 6.45) is 4.45. The average molecular weight is 458 g/mol. The Hall–Kier alpha value is -3.00. The number of carbonyl (C=O) groups excluding carboxylic acids is 1. The first kappa shape index (κ1) is 19.9. The van der Waals surface area contributed by atoms with E-state index in [1.54, 1.807) is 30.7 Å². The molecular formula is C22H17Cl2N3O4. The molecular weight excluding hydrogens is 441 g/mol. The van der Waals surface area contributed by atoms with Crippen molar-refractivity contribution in [1.29, 1.82) is 0 Å². The molecule has 0 fully saturated rings. The van der Waals surface area contributed by atoms with Crippen molar-refractivity contribution in [2.24, 2.45) is 0 Å². The number of carbonyl (C=O) groups is 1. The SMILES string of the molecule is O=C(c1cn(CCO)c2cc(-c3cn[nH]c3)ccc12)C1COc2cc(Cl)c(Cl)cc2O1. The minimum atomic E-state index is -0.827. The van der Waals surface area contributed by atoms with E-state index in [4.69, 9.17) is 32.7 Å². The summed E-state index contributed by atoms with van der Waals surface area (Å²) in [4.78, 5) is 13.4. The Morgan fingerprint density at radius 2 is 2.00 bits per heavy atom. The fourth-order valence-corrected chi connectivity index (χ4v) is 4.05. The van der Waals surface area contributed by atoms with E-state index in [9.17, 15) is 9.90 Å². The van der Waals surface area contributed by atoms with Crippen molar-refractivity contribution in [1.82, 2.24) is 14.8 Å². The zero-order chi connectivity index (χ0) is 21.5. The van der Waals surface area contributed by atoms with Crippen LogP contribution in [0.4, 0.5) is 0 Å². The molecule has 1 unspecified atom stereocenters. The molecule has 1 atom stereocenters. The van der Waals surface area contributed by atoms with E-state index in [0.29, 0.717) is 33.7 Å². The third-order valence-electron chi connectivity index (χ3n) is 5.26. The molecule has 3 heterocycles. The van der Waals surface area contributed by atoms with Crippen LogP contribution < -0.4 is 9.47 Å². The lowest BCUT2D eigenvalue weighted by Crippen LogP contribution is -2.36. The number of rotatable bonds is 5. The Labute approximate surface area is 187 Å². The number of ether oxygens (including phenoxy) is 2. The molecule has 1 aliphatic rings. The predicted molar refractivity (Wildman–Crippen MR) is 117 cm³/mol. The number of aromatic nitrogens is 3. The first-order valence-electron chi connectivity index (χ1n) is 9.61. The Kier molecular flexibility index (Phi) is 5.09. The summed E-state index contributed by atoms with van der Waals surface area (Å²) >= 11 is 12.1. The van der Waals surface area contributed by atoms with Gasteiger partial charge in [0, 0.05) is 53.1 Å². The number of aliphatic hydroxyl groups excluding tert-OH is 1. The number of ketones is 1. The topological polar surface area (TPSA) is 89.4 Å². The Balaban J connectivity index is 1.52. The lowest BCUT2D eigenvalue weighted by molar-refractivity contribution is 0.0587. The van der Waals surface area contributed by atoms with Gasteiger partial charge in [-0.2, -0.15) is 5.10 Å². The zero-order valence-electron chi connectivity index (χ0n) is 16.1. The number of hydrogen-bond acceptors (Lipinski definition) is 5. The van der Waals surface area contributed by atoms with Gasteiger partial charge in [-0.15, -0.1) is 0 Å². The van der Waals surface area contributed by atoms with Gasteiger partial charge in [-0.05, 0) is 11.6 Å². The van der Waals surface area contributed by atoms with Gasteiger partial charge in [0.25, 0.3) is 0 Å². The summed E-state index contributed by atoms with van der Waals surface area (Å²) < 4.78 is 13.5. The molecule has 158 valence electrons. The van der Waals surface area contributed by atoms with E-state index in [1.807, 2.05) is 22.8 Å². The third-order valence-corrected chi connectivity index (χ3v) is 5.98. The van der Waals surface area contributed by atoms with Crippen LogP contribution in [0.25, 0.3) is 22.0 Å². The number of aromatic amines is 1. The van der Waals surface area contributed by atoms with Crippen molar-refractivity contribution >= 4 is 39.9 Å². The van der Waals surface area contributed by atoms with Crippen LogP contribution in [0.15, 0.2) is 48.9 Å². The summed E-state index contributed by atoms with van der Waals surface area (Å²) in [5.41, 5.74) is 3.22. The van der Waals surface area contributed by atoms with Gasteiger partial charge in [0.15, 0.2) is 17.6 Å². The summed E-state index contributed by atoms with van der Waals surface area (Å²) in [7, 11) is 0. The van der Waals surface area contributed by atoms with Crippen LogP contribution in [0.1, 0.15) is 10.4 Å². The van der Waals surface area contributed by atoms with Gasteiger partial charge in [-0.3, -0.25) is 9.89 Å². The van der Waals surface area contributed by atoms with Crippen molar-refractivity contribution < 1.29 is 19.4 Å². The molecule has 2 aromatic carbocycles. The fourth-order valence-electron chi connectivity index (χ4n) is 3.74. The molecule has 0 amide bonds. The van der Waals surface area contributed by atoms with Crippen molar-refractivity contribution in [3.8, 4) is 22.6 Å². The van der Waals surface area contributed by atoms with Gasteiger partial charge in [0.1, 0.15) is 6.61 Å². The summed E-state index contributed by atoms with van der Waals surface area (Å²) in [6.45, 7) is 0.365. The average Bonchev–Trinajstić information content (AvgIpc) is 3.42. The Morgan fingerprint density at radius 1 is 1.19 bits per heavy atom. The first-order chi connectivity index (χ1) is 15.0. The molecule has 0 saturated carbocycles. The minimum absolute atomic E-state index is 0.0526. The number of benzene rings is 2. The van der Waals surface area contributed by atoms with Crippen LogP contribution >= 0.6 is 23.2 Å². The van der Waals surface area contributed by atoms with E-state index in [0.717, 1.165) is 22.0 Å². The molecule has 7 nitrogen and oxygen atoms in total. The summed E-state index contributed by atoms with van der Waals surface area (Å²) in [6, 6.07) is 8.92. The number of hydrogen-bond donors (Lipinski definition) is 2. The first-order valence-corrected chi connectivity index (χ1v) is 10.4. The van der Waals surface area contributed by atoms with Gasteiger partial charge in [0.05, 0.1) is 22.8 Å². The lowest BCUT2D eigenvalue weighted by atomic mass is 10.0. The Bertz CT molecular complexity index is 1280. The van der Waals surface area contributed by atoms with E-state index < -0.39 is 6.10 Å². The van der Waals surface area contributed by atoms with Crippen LogP contribution in [-0.2, 0) is 6.54 Å². The molecule has 0 spiro atoms. The van der Waals surface area contributed by atoms with Crippen LogP contribution in [0.5, 0.6) is 11.5 Å². The lowest BCUT2D eigenvalue weighted by Gasteiger charge is -2.25. The van der Waals surface area contributed by atoms with Gasteiger partial charge in [0.2, 0.25) is 5.78 Å². The van der Waals surface area contributed by atoms with Crippen molar-refractivity contribution in [3.05, 3.63) is 64.5 Å². The largest absolute Gasteiger partial charge is 0.485 e. The number of Topliss-reactive ketones (excluding diaryl/α,β-unsaturated/α-hetero) is 1. The third kappa shape index (κ3) is 3.54. The number of nitrogens with zero attached hydrogens (tertiary/aromatic N) is 2. The van der Waals surface area contributed by atoms with Crippen LogP contribution in [0.2, 0.25) is 10.0 Å². The van der Waals surface area contributed by atoms with Crippen molar-refractivity contribution in [2.75, 3.05) is 13.2 Å². The second-order valence-electron chi connectivity index (χ2n) is 7.17. The molecule has 0 radical (unpaired) electrons. The number of nitrogens with one attached hydrogen (secondary N) is 1. The standard InChI is InChI=1S/C22H17Cl2N3O4/c23-16-6-19-20(7-17(16)24)31-21(11-30-19)22(29)15-10-27(3-4-28)18-5-12(1-2-14(15)18)13-8-25-26-9-13/h1-2,5-10,21,28H,3-4,11H2,(H,25,26). The molecule has 0 bridgehead atoms. The minimum Gasteiger partial charge on any atom is -0.485 e. The fraction of sp³-hybridized carbons (Fsp3) is 0.182. The maximum Gasteiger partial charge on any atom is 0.209 e. The Morgan fingerprint density at radius 3 is 2.74 bits per heavy atom. The van der Waals surface area contributed by atoms with Gasteiger partial charge in [-0.25, -0.2) is 0 Å². The number of H-pyrrole nitrogens is 1. The molecule has 0 aliphatic carbocycles. The van der Waals surface area contributed by atoms with E-state index in [1.165, 1.54) is 0 Å². The van der Waals surface area contributed by atoms with E-state index in [-0.39, 0.29) is 19.0 Å². The highest BCUT2D eigenvalue weighted by Crippen LogP contribution is 2.39. The second kappa shape index (κ2) is 7.92. The number of fused-ring (bicyclic) bond motifs is 2. The predicted octanol–water partition coefficient (Wildman–Crippen LogP) is 4.35. The molecule has 2 aromatic heterocycles. The van der Waals surface area contributed by atoms with E-state index in [2.05, 4.69) is 10.2 Å². The molecule has 0 saturated heterocycles. The smallest absolute Gasteiger partial charge is 0.209 e. The highest BCUT2D eigenvalue weighted by Gasteiger charge is 2.31. The molecule has 31 heavy (non-hydrogen) atoms. The molecule has 9 heteroatoms. The maximum absolute atomic E-state index is 13.4. The van der Waals surface area contributed by atoms with Gasteiger partial charge < -0.3 is 19.1 Å². The normalized spacial score (nSPS) is 15.4. The number of halogens is 2. The van der Waals surface area contributed by atoms with Crippen LogP contribution in [0, 0.1) is 0 Å². The zero-order valence-corrected chi connectivity index (χ0v) is 17.7. The molecule has 4 aromatic rings. The van der Waals surface area contributed by atoms with Gasteiger partial charge >= 0.3 is 0 Å². The maximum atomic E-state index is 13.4. The monoisotopic (exact) mass is 457 g/mol. The number of aliphatic hydroxyl groups is 1. The van der Waals surface area contributed by atoms with Crippen molar-refractivity contribution in [3.63, 3.8) is 0 Å². The van der Waals surface area contributed by atoms with Gasteiger partial charge in [-0.1, -0.05) is 35.3 Å². The quantitative estimate of drug-likeness (QED) is 0.434. The second-order valence-corrected chi connectivity index (χ2v) is 7.99. The molecule has 2 N–H and O–H groups in total. The highest BCUT2D eigenvalue weighted by molar-refractivity contribution is 6.42. The van der Waals surface area contributed by atoms with E-state index >= 15 is 0 Å².